The van der Waals surface area contributed by atoms with E-state index in [4.69, 9.17) is 30.8 Å². The van der Waals surface area contributed by atoms with E-state index in [0.29, 0.717) is 73.7 Å². The van der Waals surface area contributed by atoms with Gasteiger partial charge < -0.3 is 19.1 Å². The van der Waals surface area contributed by atoms with Gasteiger partial charge >= 0.3 is 0 Å². The second-order valence-electron chi connectivity index (χ2n) is 8.78. The average molecular weight is 570 g/mol. The quantitative estimate of drug-likeness (QED) is 0.386. The Morgan fingerprint density at radius 1 is 1.10 bits per heavy atom. The van der Waals surface area contributed by atoms with E-state index in [9.17, 15) is 9.59 Å². The van der Waals surface area contributed by atoms with Crippen molar-refractivity contribution in [2.75, 3.05) is 33.9 Å². The highest BCUT2D eigenvalue weighted by atomic mass is 35.5. The van der Waals surface area contributed by atoms with Crippen LogP contribution >= 0.6 is 22.9 Å². The van der Waals surface area contributed by atoms with E-state index < -0.39 is 6.04 Å². The van der Waals surface area contributed by atoms with Crippen LogP contribution in [0.25, 0.3) is 6.08 Å². The van der Waals surface area contributed by atoms with Crippen molar-refractivity contribution < 1.29 is 19.0 Å². The first-order valence-corrected chi connectivity index (χ1v) is 13.9. The molecule has 0 unspecified atom stereocenters. The molecule has 206 valence electrons. The van der Waals surface area contributed by atoms with Crippen LogP contribution in [0.2, 0.25) is 5.02 Å². The lowest BCUT2D eigenvalue weighted by Crippen LogP contribution is -2.43. The number of thiazole rings is 1. The molecule has 0 saturated heterocycles. The summed E-state index contributed by atoms with van der Waals surface area (Å²) in [6.45, 7) is 9.06. The molecular weight excluding hydrogens is 538 g/mol. The number of rotatable bonds is 9. The van der Waals surface area contributed by atoms with Gasteiger partial charge in [-0.25, -0.2) is 4.99 Å². The molecule has 0 aliphatic carbocycles. The first-order valence-electron chi connectivity index (χ1n) is 12.7. The van der Waals surface area contributed by atoms with Crippen molar-refractivity contribution in [3.8, 4) is 17.2 Å². The highest BCUT2D eigenvalue weighted by Gasteiger charge is 2.36. The fourth-order valence-electron chi connectivity index (χ4n) is 4.68. The van der Waals surface area contributed by atoms with Crippen LogP contribution in [0.5, 0.6) is 17.2 Å². The van der Waals surface area contributed by atoms with E-state index in [2.05, 4.69) is 0 Å². The number of halogens is 1. The minimum atomic E-state index is -0.771. The van der Waals surface area contributed by atoms with Crippen LogP contribution in [0.1, 0.15) is 44.9 Å². The zero-order valence-corrected chi connectivity index (χ0v) is 24.5. The highest BCUT2D eigenvalue weighted by molar-refractivity contribution is 7.07. The molecule has 1 amide bonds. The van der Waals surface area contributed by atoms with Crippen LogP contribution in [-0.2, 0) is 4.79 Å². The van der Waals surface area contributed by atoms with Gasteiger partial charge in [-0.05, 0) is 70.2 Å². The van der Waals surface area contributed by atoms with E-state index in [1.54, 1.807) is 73.1 Å². The molecule has 0 fully saturated rings. The number of hydrogen-bond donors (Lipinski definition) is 0. The number of aromatic nitrogens is 1. The third-order valence-corrected chi connectivity index (χ3v) is 7.81. The fraction of sp³-hybridized carbons (Fsp3) is 0.345. The maximum Gasteiger partial charge on any atom is 0.271 e. The number of carbonyl (C=O) groups excluding carboxylic acids is 1. The normalized spacial score (nSPS) is 15.1. The van der Waals surface area contributed by atoms with Crippen molar-refractivity contribution in [2.45, 2.75) is 33.7 Å². The third-order valence-electron chi connectivity index (χ3n) is 6.59. The largest absolute Gasteiger partial charge is 0.497 e. The molecule has 4 rings (SSSR count). The number of methoxy groups -OCH3 is 2. The molecule has 0 N–H and O–H groups in total. The summed E-state index contributed by atoms with van der Waals surface area (Å²) in [5, 5.41) is 0.527. The van der Waals surface area contributed by atoms with E-state index in [1.165, 1.54) is 11.3 Å². The average Bonchev–Trinajstić information content (AvgIpc) is 3.23. The van der Waals surface area contributed by atoms with Gasteiger partial charge in [-0.1, -0.05) is 22.9 Å². The molecule has 10 heteroatoms. The van der Waals surface area contributed by atoms with Gasteiger partial charge in [-0.15, -0.1) is 0 Å². The van der Waals surface area contributed by atoms with Crippen molar-refractivity contribution in [3.63, 3.8) is 0 Å². The maximum atomic E-state index is 14.1. The third kappa shape index (κ3) is 5.46. The van der Waals surface area contributed by atoms with E-state index in [-0.39, 0.29) is 11.5 Å². The summed E-state index contributed by atoms with van der Waals surface area (Å²) in [4.78, 5) is 34.9. The minimum absolute atomic E-state index is 0.182. The molecule has 0 radical (unpaired) electrons. The van der Waals surface area contributed by atoms with Gasteiger partial charge in [0.2, 0.25) is 0 Å². The summed E-state index contributed by atoms with van der Waals surface area (Å²) >= 11 is 7.52. The number of hydrogen-bond acceptors (Lipinski definition) is 7. The van der Waals surface area contributed by atoms with Crippen LogP contribution < -0.4 is 29.1 Å². The van der Waals surface area contributed by atoms with Gasteiger partial charge in [-0.3, -0.25) is 14.2 Å². The Kier molecular flexibility index (Phi) is 8.82. The van der Waals surface area contributed by atoms with Gasteiger partial charge in [0.15, 0.2) is 4.80 Å². The molecule has 8 nitrogen and oxygen atoms in total. The van der Waals surface area contributed by atoms with Crippen molar-refractivity contribution in [2.24, 2.45) is 4.99 Å². The second-order valence-corrected chi connectivity index (χ2v) is 10.2. The van der Waals surface area contributed by atoms with Crippen molar-refractivity contribution in [1.29, 1.82) is 0 Å². The summed E-state index contributed by atoms with van der Waals surface area (Å²) in [5.74, 6) is 1.55. The van der Waals surface area contributed by atoms with Crippen LogP contribution in [0.4, 0.5) is 0 Å². The number of ether oxygens (including phenoxy) is 3. The minimum Gasteiger partial charge on any atom is -0.497 e. The van der Waals surface area contributed by atoms with Crippen LogP contribution in [0, 0.1) is 0 Å². The van der Waals surface area contributed by atoms with E-state index in [1.807, 2.05) is 20.8 Å². The molecule has 2 aromatic carbocycles. The number of likely N-dealkylation sites (N-methyl/N-ethyl adjacent to an activating group) is 1. The summed E-state index contributed by atoms with van der Waals surface area (Å²) in [7, 11) is 3.13. The lowest BCUT2D eigenvalue weighted by atomic mass is 9.93. The number of allylic oxidation sites excluding steroid dienone is 1. The number of carbonyl (C=O) groups is 1. The number of fused-ring (bicyclic) bond motifs is 1. The Labute approximate surface area is 236 Å². The van der Waals surface area contributed by atoms with Crippen LogP contribution in [0.15, 0.2) is 57.5 Å². The Balaban J connectivity index is 2.03. The van der Waals surface area contributed by atoms with Gasteiger partial charge in [-0.2, -0.15) is 0 Å². The van der Waals surface area contributed by atoms with Crippen molar-refractivity contribution in [1.82, 2.24) is 9.47 Å². The molecule has 1 aliphatic heterocycles. The van der Waals surface area contributed by atoms with Gasteiger partial charge in [0.05, 0.1) is 36.6 Å². The number of nitrogens with zero attached hydrogens (tertiary/aromatic N) is 3. The molecular formula is C29H32ClN3O5S. The fourth-order valence-corrected chi connectivity index (χ4v) is 5.90. The summed E-state index contributed by atoms with van der Waals surface area (Å²) in [6.07, 6.45) is 1.76. The topological polar surface area (TPSA) is 82.4 Å². The Morgan fingerprint density at radius 3 is 2.46 bits per heavy atom. The molecule has 2 heterocycles. The molecule has 1 aliphatic rings. The van der Waals surface area contributed by atoms with Gasteiger partial charge in [0, 0.05) is 29.2 Å². The van der Waals surface area contributed by atoms with E-state index >= 15 is 0 Å². The molecule has 1 atom stereocenters. The number of amides is 1. The summed E-state index contributed by atoms with van der Waals surface area (Å²) in [5.41, 5.74) is 2.00. The smallest absolute Gasteiger partial charge is 0.271 e. The Hall–Kier alpha value is -3.56. The molecule has 0 saturated carbocycles. The summed E-state index contributed by atoms with van der Waals surface area (Å²) < 4.78 is 19.0. The lowest BCUT2D eigenvalue weighted by molar-refractivity contribution is -0.127. The first kappa shape index (κ1) is 28.4. The predicted octanol–water partition coefficient (Wildman–Crippen LogP) is 4.17. The van der Waals surface area contributed by atoms with Crippen molar-refractivity contribution in [3.05, 3.63) is 83.5 Å². The zero-order chi connectivity index (χ0) is 28.3. The highest BCUT2D eigenvalue weighted by Crippen LogP contribution is 2.38. The molecule has 1 aromatic heterocycles. The zero-order valence-electron chi connectivity index (χ0n) is 22.9. The van der Waals surface area contributed by atoms with E-state index in [0.717, 1.165) is 0 Å². The standard InChI is InChI=1S/C29H32ClN3O5S/c1-7-32(8-2)28(35)25-17(4)31-29-33(26(25)21-16-20(36-5)11-13-23(21)37-6)27(34)24(39-29)15-18-14-19(30)10-12-22(18)38-9-3/h10-16,26H,7-9H2,1-6H3/b24-15+/t26-/m1/s1. The maximum absolute atomic E-state index is 14.1. The van der Waals surface area contributed by atoms with Crippen LogP contribution in [-0.4, -0.2) is 49.3 Å². The summed E-state index contributed by atoms with van der Waals surface area (Å²) in [6, 6.07) is 9.88. The molecule has 0 spiro atoms. The van der Waals surface area contributed by atoms with Gasteiger partial charge in [0.25, 0.3) is 11.5 Å². The SMILES string of the molecule is CCOc1ccc(Cl)cc1/C=c1/sc2n(c1=O)[C@H](c1cc(OC)ccc1OC)C(C(=O)N(CC)CC)=C(C)N=2. The molecule has 39 heavy (non-hydrogen) atoms. The van der Waals surface area contributed by atoms with Crippen LogP contribution in [0.3, 0.4) is 0 Å². The lowest BCUT2D eigenvalue weighted by Gasteiger charge is -2.30. The molecule has 0 bridgehead atoms. The predicted molar refractivity (Wildman–Crippen MR) is 154 cm³/mol. The first-order chi connectivity index (χ1) is 18.8. The van der Waals surface area contributed by atoms with Crippen molar-refractivity contribution >= 4 is 34.9 Å². The Bertz CT molecular complexity index is 1600. The Morgan fingerprint density at radius 2 is 1.82 bits per heavy atom. The molecule has 3 aromatic rings. The number of benzene rings is 2. The van der Waals surface area contributed by atoms with Gasteiger partial charge in [0.1, 0.15) is 23.3 Å². The second kappa shape index (κ2) is 12.1. The monoisotopic (exact) mass is 569 g/mol.